The van der Waals surface area contributed by atoms with E-state index in [9.17, 15) is 14.7 Å². The normalized spacial score (nSPS) is 23.7. The Hall–Kier alpha value is -1.84. The van der Waals surface area contributed by atoms with Crippen molar-refractivity contribution < 1.29 is 19.4 Å². The van der Waals surface area contributed by atoms with Gasteiger partial charge in [0.2, 0.25) is 0 Å². The van der Waals surface area contributed by atoms with Crippen molar-refractivity contribution in [1.82, 2.24) is 0 Å². The van der Waals surface area contributed by atoms with E-state index in [0.717, 1.165) is 5.56 Å². The summed E-state index contributed by atoms with van der Waals surface area (Å²) in [6.45, 7) is 0. The van der Waals surface area contributed by atoms with Crippen LogP contribution in [-0.4, -0.2) is 24.0 Å². The largest absolute Gasteiger partial charge is 0.496 e. The number of Topliss-reactive ketones (excluding diaryl/α,β-unsaturated/α-hetero) is 1. The van der Waals surface area contributed by atoms with Gasteiger partial charge in [-0.2, -0.15) is 0 Å². The number of hydrogen-bond donors (Lipinski definition) is 1. The monoisotopic (exact) mass is 248 g/mol. The van der Waals surface area contributed by atoms with Crippen LogP contribution in [0.3, 0.4) is 0 Å². The molecule has 0 aromatic heterocycles. The van der Waals surface area contributed by atoms with E-state index in [1.807, 2.05) is 18.2 Å². The minimum Gasteiger partial charge on any atom is -0.496 e. The molecule has 1 aliphatic rings. The summed E-state index contributed by atoms with van der Waals surface area (Å²) in [5.74, 6) is -0.829. The Morgan fingerprint density at radius 1 is 1.39 bits per heavy atom. The van der Waals surface area contributed by atoms with E-state index < -0.39 is 11.9 Å². The van der Waals surface area contributed by atoms with Crippen molar-refractivity contribution in [2.45, 2.75) is 25.2 Å². The molecule has 0 spiro atoms. The number of ether oxygens (including phenoxy) is 1. The predicted octanol–water partition coefficient (Wildman–Crippen LogP) is 2.23. The van der Waals surface area contributed by atoms with Gasteiger partial charge in [-0.1, -0.05) is 18.2 Å². The van der Waals surface area contributed by atoms with Crippen molar-refractivity contribution in [2.24, 2.45) is 5.92 Å². The third-order valence-electron chi connectivity index (χ3n) is 3.52. The third kappa shape index (κ3) is 2.37. The maximum atomic E-state index is 11.6. The maximum absolute atomic E-state index is 11.6. The second-order valence-corrected chi connectivity index (χ2v) is 4.57. The first kappa shape index (κ1) is 12.6. The van der Waals surface area contributed by atoms with Gasteiger partial charge < -0.3 is 9.84 Å². The summed E-state index contributed by atoms with van der Waals surface area (Å²) in [4.78, 5) is 22.9. The summed E-state index contributed by atoms with van der Waals surface area (Å²) in [6.07, 6.45) is 1.07. The van der Waals surface area contributed by atoms with Crippen LogP contribution < -0.4 is 4.74 Å². The quantitative estimate of drug-likeness (QED) is 0.891. The van der Waals surface area contributed by atoms with Crippen molar-refractivity contribution >= 4 is 11.8 Å². The molecule has 0 amide bonds. The fourth-order valence-electron chi connectivity index (χ4n) is 2.60. The van der Waals surface area contributed by atoms with E-state index in [1.165, 1.54) is 0 Å². The number of carbonyl (C=O) groups excluding carboxylic acids is 1. The summed E-state index contributed by atoms with van der Waals surface area (Å²) < 4.78 is 5.26. The van der Waals surface area contributed by atoms with Gasteiger partial charge in [0.15, 0.2) is 0 Å². The summed E-state index contributed by atoms with van der Waals surface area (Å²) in [7, 11) is 1.55. The fourth-order valence-corrected chi connectivity index (χ4v) is 2.60. The van der Waals surface area contributed by atoms with E-state index >= 15 is 0 Å². The Balaban J connectivity index is 2.37. The highest BCUT2D eigenvalue weighted by Crippen LogP contribution is 2.40. The summed E-state index contributed by atoms with van der Waals surface area (Å²) >= 11 is 0. The van der Waals surface area contributed by atoms with Gasteiger partial charge in [-0.3, -0.25) is 9.59 Å². The van der Waals surface area contributed by atoms with E-state index in [2.05, 4.69) is 0 Å². The third-order valence-corrected chi connectivity index (χ3v) is 3.52. The number of rotatable bonds is 3. The number of hydrogen-bond acceptors (Lipinski definition) is 3. The number of para-hydroxylation sites is 1. The van der Waals surface area contributed by atoms with Gasteiger partial charge in [-0.15, -0.1) is 0 Å². The highest BCUT2D eigenvalue weighted by Gasteiger charge is 2.36. The van der Waals surface area contributed by atoms with Crippen LogP contribution >= 0.6 is 0 Å². The standard InChI is InChI=1S/C14H16O4/c1-18-13-5-3-2-4-10(13)12-8-9(15)6-7-11(12)14(16)17/h2-5,11-12H,6-8H2,1H3,(H,16,17). The molecule has 1 aromatic carbocycles. The molecular weight excluding hydrogens is 232 g/mol. The number of carboxylic acid groups (broad SMARTS) is 1. The number of benzene rings is 1. The molecule has 18 heavy (non-hydrogen) atoms. The van der Waals surface area contributed by atoms with E-state index in [0.29, 0.717) is 18.6 Å². The molecule has 1 N–H and O–H groups in total. The molecule has 0 radical (unpaired) electrons. The summed E-state index contributed by atoms with van der Waals surface area (Å²) in [5.41, 5.74) is 0.820. The van der Waals surface area contributed by atoms with E-state index in [1.54, 1.807) is 13.2 Å². The maximum Gasteiger partial charge on any atom is 0.307 e. The van der Waals surface area contributed by atoms with Gasteiger partial charge in [0, 0.05) is 18.8 Å². The molecular formula is C14H16O4. The molecule has 2 unspecified atom stereocenters. The average molecular weight is 248 g/mol. The van der Waals surface area contributed by atoms with Crippen LogP contribution in [0, 0.1) is 5.92 Å². The van der Waals surface area contributed by atoms with Gasteiger partial charge in [-0.05, 0) is 18.1 Å². The smallest absolute Gasteiger partial charge is 0.307 e. The minimum absolute atomic E-state index is 0.128. The molecule has 2 rings (SSSR count). The van der Waals surface area contributed by atoms with Crippen molar-refractivity contribution in [3.63, 3.8) is 0 Å². The molecule has 4 heteroatoms. The Bertz CT molecular complexity index is 467. The molecule has 1 saturated carbocycles. The molecule has 0 aliphatic heterocycles. The second-order valence-electron chi connectivity index (χ2n) is 4.57. The van der Waals surface area contributed by atoms with Crippen LogP contribution in [0.4, 0.5) is 0 Å². The first-order valence-electron chi connectivity index (χ1n) is 6.01. The molecule has 1 aromatic rings. The van der Waals surface area contributed by atoms with Crippen LogP contribution in [0.5, 0.6) is 5.75 Å². The zero-order chi connectivity index (χ0) is 13.1. The number of methoxy groups -OCH3 is 1. The van der Waals surface area contributed by atoms with Crippen molar-refractivity contribution in [2.75, 3.05) is 7.11 Å². The molecule has 0 heterocycles. The lowest BCUT2D eigenvalue weighted by molar-refractivity contribution is -0.144. The molecule has 0 saturated heterocycles. The topological polar surface area (TPSA) is 63.6 Å². The lowest BCUT2D eigenvalue weighted by Gasteiger charge is -2.29. The zero-order valence-electron chi connectivity index (χ0n) is 10.3. The van der Waals surface area contributed by atoms with Crippen LogP contribution in [0.25, 0.3) is 0 Å². The zero-order valence-corrected chi connectivity index (χ0v) is 10.3. The molecule has 2 atom stereocenters. The highest BCUT2D eigenvalue weighted by molar-refractivity contribution is 5.84. The summed E-state index contributed by atoms with van der Waals surface area (Å²) in [6, 6.07) is 7.32. The number of aliphatic carboxylic acids is 1. The van der Waals surface area contributed by atoms with E-state index in [4.69, 9.17) is 4.74 Å². The Kier molecular flexibility index (Phi) is 3.65. The highest BCUT2D eigenvalue weighted by atomic mass is 16.5. The Morgan fingerprint density at radius 2 is 2.11 bits per heavy atom. The van der Waals surface area contributed by atoms with Gasteiger partial charge in [0.05, 0.1) is 13.0 Å². The number of carboxylic acids is 1. The SMILES string of the molecule is COc1ccccc1C1CC(=O)CCC1C(=O)O. The molecule has 1 fully saturated rings. The summed E-state index contributed by atoms with van der Waals surface area (Å²) in [5, 5.41) is 9.27. The molecule has 0 bridgehead atoms. The average Bonchev–Trinajstić information content (AvgIpc) is 2.38. The Labute approximate surface area is 106 Å². The molecule has 4 nitrogen and oxygen atoms in total. The van der Waals surface area contributed by atoms with Crippen LogP contribution in [0.15, 0.2) is 24.3 Å². The number of carbonyl (C=O) groups is 2. The van der Waals surface area contributed by atoms with Crippen LogP contribution in [0.1, 0.15) is 30.7 Å². The minimum atomic E-state index is -0.835. The first-order valence-corrected chi connectivity index (χ1v) is 6.01. The Morgan fingerprint density at radius 3 is 2.78 bits per heavy atom. The van der Waals surface area contributed by atoms with Crippen LogP contribution in [-0.2, 0) is 9.59 Å². The van der Waals surface area contributed by atoms with Gasteiger partial charge in [0.1, 0.15) is 11.5 Å². The predicted molar refractivity (Wildman–Crippen MR) is 65.7 cm³/mol. The van der Waals surface area contributed by atoms with Gasteiger partial charge in [-0.25, -0.2) is 0 Å². The van der Waals surface area contributed by atoms with Crippen LogP contribution in [0.2, 0.25) is 0 Å². The second kappa shape index (κ2) is 5.21. The van der Waals surface area contributed by atoms with Crippen molar-refractivity contribution in [3.8, 4) is 5.75 Å². The molecule has 1 aliphatic carbocycles. The number of ketones is 1. The van der Waals surface area contributed by atoms with Crippen molar-refractivity contribution in [1.29, 1.82) is 0 Å². The lowest BCUT2D eigenvalue weighted by atomic mass is 9.74. The van der Waals surface area contributed by atoms with Crippen molar-refractivity contribution in [3.05, 3.63) is 29.8 Å². The van der Waals surface area contributed by atoms with Gasteiger partial charge >= 0.3 is 5.97 Å². The fraction of sp³-hybridized carbons (Fsp3) is 0.429. The first-order chi connectivity index (χ1) is 8.63. The lowest BCUT2D eigenvalue weighted by Crippen LogP contribution is -2.29. The van der Waals surface area contributed by atoms with E-state index in [-0.39, 0.29) is 18.1 Å². The molecule has 96 valence electrons. The van der Waals surface area contributed by atoms with Gasteiger partial charge in [0.25, 0.3) is 0 Å².